The highest BCUT2D eigenvalue weighted by Gasteiger charge is 2.11. The average Bonchev–Trinajstić information content (AvgIpc) is 3.30. The maximum atomic E-state index is 5.44. The van der Waals surface area contributed by atoms with Gasteiger partial charge in [0.2, 0.25) is 0 Å². The van der Waals surface area contributed by atoms with Gasteiger partial charge in [-0.2, -0.15) is 0 Å². The minimum Gasteiger partial charge on any atom is -0.497 e. The van der Waals surface area contributed by atoms with Crippen LogP contribution in [0.2, 0.25) is 0 Å². The Balaban J connectivity index is 0.00000341. The lowest BCUT2D eigenvalue weighted by Gasteiger charge is -2.26. The number of aliphatic imine (C=N–C) groups is 1. The molecule has 1 aromatic heterocycles. The van der Waals surface area contributed by atoms with Crippen molar-refractivity contribution in [2.24, 2.45) is 4.99 Å². The Morgan fingerprint density at radius 3 is 2.65 bits per heavy atom. The standard InChI is InChI=1S/C23H34N4O3.HI/c1-26(19-20-6-8-21(28-2)9-7-20)23(25-12-10-22-5-3-16-30-22)24-11-4-13-27-14-17-29-18-15-27;/h3,5-9,16H,4,10-15,17-19H2,1-2H3,(H,24,25);1H. The Labute approximate surface area is 202 Å². The molecule has 0 spiro atoms. The molecule has 0 amide bonds. The van der Waals surface area contributed by atoms with Crippen LogP contribution in [0.25, 0.3) is 0 Å². The first-order valence-electron chi connectivity index (χ1n) is 10.7. The van der Waals surface area contributed by atoms with Gasteiger partial charge in [-0.05, 0) is 36.2 Å². The van der Waals surface area contributed by atoms with E-state index in [1.165, 1.54) is 5.56 Å². The van der Waals surface area contributed by atoms with Crippen molar-refractivity contribution in [2.45, 2.75) is 19.4 Å². The smallest absolute Gasteiger partial charge is 0.193 e. The van der Waals surface area contributed by atoms with Gasteiger partial charge in [0.1, 0.15) is 11.5 Å². The highest BCUT2D eigenvalue weighted by Crippen LogP contribution is 2.12. The van der Waals surface area contributed by atoms with Crippen molar-refractivity contribution in [1.82, 2.24) is 15.1 Å². The van der Waals surface area contributed by atoms with Gasteiger partial charge in [0.25, 0.3) is 0 Å². The molecule has 0 atom stereocenters. The summed E-state index contributed by atoms with van der Waals surface area (Å²) in [6.07, 6.45) is 3.59. The zero-order valence-electron chi connectivity index (χ0n) is 18.6. The number of guanidine groups is 1. The van der Waals surface area contributed by atoms with Crippen molar-refractivity contribution in [3.05, 3.63) is 54.0 Å². The molecule has 0 unspecified atom stereocenters. The number of ether oxygens (including phenoxy) is 2. The molecule has 1 aliphatic heterocycles. The molecule has 1 aromatic carbocycles. The Hall–Kier alpha value is -1.78. The van der Waals surface area contributed by atoms with Crippen LogP contribution >= 0.6 is 24.0 Å². The van der Waals surface area contributed by atoms with E-state index >= 15 is 0 Å². The minimum absolute atomic E-state index is 0. The first-order chi connectivity index (χ1) is 14.7. The molecular formula is C23H35IN4O3. The molecule has 31 heavy (non-hydrogen) atoms. The zero-order chi connectivity index (χ0) is 21.0. The van der Waals surface area contributed by atoms with E-state index in [4.69, 9.17) is 18.9 Å². The lowest BCUT2D eigenvalue weighted by atomic mass is 10.2. The van der Waals surface area contributed by atoms with Crippen LogP contribution in [0.4, 0.5) is 0 Å². The molecule has 0 saturated carbocycles. The lowest BCUT2D eigenvalue weighted by Crippen LogP contribution is -2.40. The third-order valence-electron chi connectivity index (χ3n) is 5.17. The summed E-state index contributed by atoms with van der Waals surface area (Å²) in [6.45, 7) is 7.15. The maximum Gasteiger partial charge on any atom is 0.193 e. The van der Waals surface area contributed by atoms with Gasteiger partial charge >= 0.3 is 0 Å². The van der Waals surface area contributed by atoms with Crippen LogP contribution in [0, 0.1) is 0 Å². The minimum atomic E-state index is 0. The Morgan fingerprint density at radius 1 is 1.19 bits per heavy atom. The predicted molar refractivity (Wildman–Crippen MR) is 134 cm³/mol. The van der Waals surface area contributed by atoms with Gasteiger partial charge in [0.05, 0.1) is 26.6 Å². The number of methoxy groups -OCH3 is 1. The second kappa shape index (κ2) is 14.3. The van der Waals surface area contributed by atoms with Gasteiger partial charge in [-0.1, -0.05) is 12.1 Å². The summed E-state index contributed by atoms with van der Waals surface area (Å²) in [5.41, 5.74) is 1.21. The number of rotatable bonds is 10. The highest BCUT2D eigenvalue weighted by molar-refractivity contribution is 14.0. The molecule has 3 rings (SSSR count). The number of furan rings is 1. The van der Waals surface area contributed by atoms with Crippen LogP contribution in [0.1, 0.15) is 17.7 Å². The monoisotopic (exact) mass is 542 g/mol. The maximum absolute atomic E-state index is 5.44. The fourth-order valence-electron chi connectivity index (χ4n) is 3.45. The molecule has 8 heteroatoms. The van der Waals surface area contributed by atoms with Gasteiger partial charge < -0.3 is 24.1 Å². The van der Waals surface area contributed by atoms with E-state index in [-0.39, 0.29) is 24.0 Å². The number of benzene rings is 1. The molecule has 1 fully saturated rings. The van der Waals surface area contributed by atoms with Crippen LogP contribution < -0.4 is 10.1 Å². The second-order valence-corrected chi connectivity index (χ2v) is 7.47. The van der Waals surface area contributed by atoms with Crippen molar-refractivity contribution in [2.75, 3.05) is 60.1 Å². The molecule has 1 N–H and O–H groups in total. The fraction of sp³-hybridized carbons (Fsp3) is 0.522. The van der Waals surface area contributed by atoms with Crippen molar-refractivity contribution in [1.29, 1.82) is 0 Å². The van der Waals surface area contributed by atoms with Gasteiger partial charge in [0, 0.05) is 52.7 Å². The van der Waals surface area contributed by atoms with E-state index in [9.17, 15) is 0 Å². The largest absolute Gasteiger partial charge is 0.497 e. The zero-order valence-corrected chi connectivity index (χ0v) is 20.9. The normalized spacial score (nSPS) is 14.7. The van der Waals surface area contributed by atoms with Crippen LogP contribution in [0.15, 0.2) is 52.1 Å². The van der Waals surface area contributed by atoms with Gasteiger partial charge in [-0.15, -0.1) is 24.0 Å². The van der Waals surface area contributed by atoms with E-state index in [1.54, 1.807) is 13.4 Å². The Kier molecular flexibility index (Phi) is 11.8. The van der Waals surface area contributed by atoms with Crippen LogP contribution in [0.3, 0.4) is 0 Å². The third-order valence-corrected chi connectivity index (χ3v) is 5.17. The number of halogens is 1. The fourth-order valence-corrected chi connectivity index (χ4v) is 3.45. The van der Waals surface area contributed by atoms with Crippen LogP contribution in [-0.4, -0.2) is 75.9 Å². The van der Waals surface area contributed by atoms with Crippen molar-refractivity contribution < 1.29 is 13.9 Å². The molecule has 1 saturated heterocycles. The number of hydrogen-bond donors (Lipinski definition) is 1. The summed E-state index contributed by atoms with van der Waals surface area (Å²) >= 11 is 0. The first-order valence-corrected chi connectivity index (χ1v) is 10.7. The number of morpholine rings is 1. The summed E-state index contributed by atoms with van der Waals surface area (Å²) in [7, 11) is 3.76. The summed E-state index contributed by atoms with van der Waals surface area (Å²) < 4.78 is 16.1. The molecule has 0 bridgehead atoms. The number of nitrogens with one attached hydrogen (secondary N) is 1. The molecule has 172 valence electrons. The molecule has 0 aliphatic carbocycles. The summed E-state index contributed by atoms with van der Waals surface area (Å²) in [5, 5.41) is 3.50. The predicted octanol–water partition coefficient (Wildman–Crippen LogP) is 3.25. The van der Waals surface area contributed by atoms with E-state index in [0.717, 1.165) is 82.8 Å². The van der Waals surface area contributed by atoms with Crippen LogP contribution in [0.5, 0.6) is 5.75 Å². The molecule has 7 nitrogen and oxygen atoms in total. The SMILES string of the molecule is COc1ccc(CN(C)C(=NCCCN2CCOCC2)NCCc2ccco2)cc1.I. The molecule has 2 heterocycles. The third kappa shape index (κ3) is 9.08. The molecule has 2 aromatic rings. The van der Waals surface area contributed by atoms with Gasteiger partial charge in [-0.3, -0.25) is 9.89 Å². The van der Waals surface area contributed by atoms with Gasteiger partial charge in [-0.25, -0.2) is 0 Å². The van der Waals surface area contributed by atoms with E-state index in [1.807, 2.05) is 24.3 Å². The molecule has 0 radical (unpaired) electrons. The van der Waals surface area contributed by atoms with Crippen molar-refractivity contribution in [3.8, 4) is 5.75 Å². The number of nitrogens with zero attached hydrogens (tertiary/aromatic N) is 3. The number of hydrogen-bond acceptors (Lipinski definition) is 5. The Morgan fingerprint density at radius 2 is 1.97 bits per heavy atom. The second-order valence-electron chi connectivity index (χ2n) is 7.47. The average molecular weight is 542 g/mol. The first kappa shape index (κ1) is 25.5. The Bertz CT molecular complexity index is 747. The van der Waals surface area contributed by atoms with Crippen molar-refractivity contribution in [3.63, 3.8) is 0 Å². The topological polar surface area (TPSA) is 62.5 Å². The lowest BCUT2D eigenvalue weighted by molar-refractivity contribution is 0.0377. The van der Waals surface area contributed by atoms with Gasteiger partial charge in [0.15, 0.2) is 5.96 Å². The summed E-state index contributed by atoms with van der Waals surface area (Å²) in [6, 6.07) is 12.1. The summed E-state index contributed by atoms with van der Waals surface area (Å²) in [4.78, 5) is 9.49. The molecular weight excluding hydrogens is 507 g/mol. The highest BCUT2D eigenvalue weighted by atomic mass is 127. The quantitative estimate of drug-likeness (QED) is 0.215. The van der Waals surface area contributed by atoms with E-state index in [2.05, 4.69) is 34.3 Å². The van der Waals surface area contributed by atoms with Crippen molar-refractivity contribution >= 4 is 29.9 Å². The van der Waals surface area contributed by atoms with Crippen LogP contribution in [-0.2, 0) is 17.7 Å². The van der Waals surface area contributed by atoms with E-state index < -0.39 is 0 Å². The van der Waals surface area contributed by atoms with E-state index in [0.29, 0.717) is 0 Å². The molecule has 1 aliphatic rings. The summed E-state index contributed by atoms with van der Waals surface area (Å²) in [5.74, 6) is 2.77.